The average Bonchev–Trinajstić information content (AvgIpc) is 3.34. The number of carbonyl (C=O) groups is 2. The van der Waals surface area contributed by atoms with Crippen molar-refractivity contribution in [2.75, 3.05) is 11.4 Å². The summed E-state index contributed by atoms with van der Waals surface area (Å²) in [4.78, 5) is 28.0. The van der Waals surface area contributed by atoms with Gasteiger partial charge in [-0.1, -0.05) is 17.7 Å². The van der Waals surface area contributed by atoms with E-state index in [9.17, 15) is 14.0 Å². The molecule has 0 unspecified atom stereocenters. The quantitative estimate of drug-likeness (QED) is 0.305. The molecular weight excluding hydrogens is 544 g/mol. The maximum absolute atomic E-state index is 13.4. The summed E-state index contributed by atoms with van der Waals surface area (Å²) in [5.74, 6) is -0.0374. The summed E-state index contributed by atoms with van der Waals surface area (Å²) < 4.78 is 14.4. The predicted molar refractivity (Wildman–Crippen MR) is 131 cm³/mol. The van der Waals surface area contributed by atoms with Crippen LogP contribution >= 0.6 is 34.2 Å². The lowest BCUT2D eigenvalue weighted by atomic mass is 9.68. The summed E-state index contributed by atoms with van der Waals surface area (Å²) in [7, 11) is 0. The van der Waals surface area contributed by atoms with Crippen LogP contribution in [0.5, 0.6) is 0 Å². The monoisotopic (exact) mass is 565 g/mol. The van der Waals surface area contributed by atoms with Crippen LogP contribution in [-0.4, -0.2) is 28.4 Å². The number of Topliss-reactive ketones (excluding diaryl/α,β-unsaturated/α-hetero) is 1. The Kier molecular flexibility index (Phi) is 5.73. The Morgan fingerprint density at radius 1 is 1.25 bits per heavy atom. The molecule has 1 aromatic heterocycles. The van der Waals surface area contributed by atoms with Crippen molar-refractivity contribution in [3.8, 4) is 0 Å². The SMILES string of the molecule is O=C(CC1CCC2(CC1)CCN(c1ccc(F)cc1Cl)C2=O)c1n[nH]c2cccc(I)c12. The first-order valence-corrected chi connectivity index (χ1v) is 12.3. The number of nitrogens with one attached hydrogen (secondary N) is 1. The molecule has 0 atom stereocenters. The van der Waals surface area contributed by atoms with Crippen LogP contribution in [-0.2, 0) is 4.79 Å². The summed E-state index contributed by atoms with van der Waals surface area (Å²) in [5.41, 5.74) is 1.57. The van der Waals surface area contributed by atoms with E-state index >= 15 is 0 Å². The minimum atomic E-state index is -0.412. The van der Waals surface area contributed by atoms with E-state index in [0.717, 1.165) is 46.6 Å². The molecule has 8 heteroatoms. The van der Waals surface area contributed by atoms with Gasteiger partial charge < -0.3 is 4.90 Å². The average molecular weight is 566 g/mol. The van der Waals surface area contributed by atoms with Gasteiger partial charge in [-0.05, 0) is 90.9 Å². The fourth-order valence-electron chi connectivity index (χ4n) is 5.24. The molecule has 5 rings (SSSR count). The van der Waals surface area contributed by atoms with E-state index in [4.69, 9.17) is 11.6 Å². The second-order valence-corrected chi connectivity index (χ2v) is 10.5. The molecule has 1 saturated heterocycles. The number of aromatic amines is 1. The van der Waals surface area contributed by atoms with Crippen molar-refractivity contribution in [2.45, 2.75) is 38.5 Å². The molecule has 1 aliphatic heterocycles. The summed E-state index contributed by atoms with van der Waals surface area (Å²) in [6.07, 6.45) is 4.41. The van der Waals surface area contributed by atoms with E-state index in [1.165, 1.54) is 12.1 Å². The van der Waals surface area contributed by atoms with E-state index in [0.29, 0.717) is 24.3 Å². The zero-order valence-corrected chi connectivity index (χ0v) is 20.2. The summed E-state index contributed by atoms with van der Waals surface area (Å²) in [6.45, 7) is 0.589. The summed E-state index contributed by atoms with van der Waals surface area (Å²) >= 11 is 8.44. The Balaban J connectivity index is 1.26. The van der Waals surface area contributed by atoms with Gasteiger partial charge in [0.15, 0.2) is 5.78 Å². The number of hydrogen-bond donors (Lipinski definition) is 1. The normalized spacial score (nSPS) is 23.4. The Hall–Kier alpha value is -2.00. The van der Waals surface area contributed by atoms with Crippen molar-refractivity contribution in [1.82, 2.24) is 10.2 Å². The van der Waals surface area contributed by atoms with Crippen LogP contribution in [0.2, 0.25) is 5.02 Å². The second kappa shape index (κ2) is 8.41. The largest absolute Gasteiger partial charge is 0.310 e. The molecule has 0 bridgehead atoms. The number of rotatable bonds is 4. The van der Waals surface area contributed by atoms with Gasteiger partial charge >= 0.3 is 0 Å². The molecule has 3 aromatic rings. The molecule has 1 spiro atoms. The maximum Gasteiger partial charge on any atom is 0.233 e. The van der Waals surface area contributed by atoms with Crippen LogP contribution in [0.1, 0.15) is 49.0 Å². The number of carbonyl (C=O) groups excluding carboxylic acids is 2. The van der Waals surface area contributed by atoms with Crippen molar-refractivity contribution in [2.24, 2.45) is 11.3 Å². The topological polar surface area (TPSA) is 66.1 Å². The first-order valence-electron chi connectivity index (χ1n) is 10.8. The van der Waals surface area contributed by atoms with Gasteiger partial charge in [-0.25, -0.2) is 4.39 Å². The molecule has 1 amide bonds. The van der Waals surface area contributed by atoms with E-state index in [1.54, 1.807) is 11.0 Å². The number of H-pyrrole nitrogens is 1. The predicted octanol–water partition coefficient (Wildman–Crippen LogP) is 6.15. The number of fused-ring (bicyclic) bond motifs is 1. The minimum absolute atomic E-state index is 0.0544. The van der Waals surface area contributed by atoms with Crippen LogP contribution < -0.4 is 4.90 Å². The fraction of sp³-hybridized carbons (Fsp3) is 0.375. The maximum atomic E-state index is 13.4. The van der Waals surface area contributed by atoms with E-state index in [1.807, 2.05) is 18.2 Å². The van der Waals surface area contributed by atoms with Gasteiger partial charge in [-0.3, -0.25) is 14.7 Å². The zero-order valence-electron chi connectivity index (χ0n) is 17.3. The molecule has 2 aromatic carbocycles. The molecule has 32 heavy (non-hydrogen) atoms. The highest BCUT2D eigenvalue weighted by molar-refractivity contribution is 14.1. The summed E-state index contributed by atoms with van der Waals surface area (Å²) in [6, 6.07) is 10.0. The Morgan fingerprint density at radius 2 is 2.03 bits per heavy atom. The number of nitrogens with zero attached hydrogens (tertiary/aromatic N) is 2. The van der Waals surface area contributed by atoms with Crippen molar-refractivity contribution < 1.29 is 14.0 Å². The minimum Gasteiger partial charge on any atom is -0.310 e. The standard InChI is InChI=1S/C24H22ClFIN3O2/c25-16-13-15(26)4-5-19(16)30-11-10-24(23(30)32)8-6-14(7-9-24)12-20(31)22-21-17(27)2-1-3-18(21)28-29-22/h1-5,13-14H,6-12H2,(H,28,29). The smallest absolute Gasteiger partial charge is 0.233 e. The third kappa shape index (κ3) is 3.73. The highest BCUT2D eigenvalue weighted by Crippen LogP contribution is 2.49. The fourth-order valence-corrected chi connectivity index (χ4v) is 6.26. The highest BCUT2D eigenvalue weighted by Gasteiger charge is 2.49. The summed E-state index contributed by atoms with van der Waals surface area (Å²) in [5, 5.41) is 8.40. The van der Waals surface area contributed by atoms with E-state index in [2.05, 4.69) is 32.8 Å². The molecule has 0 radical (unpaired) electrons. The second-order valence-electron chi connectivity index (χ2n) is 8.89. The van der Waals surface area contributed by atoms with Crippen molar-refractivity contribution >= 4 is 62.5 Å². The molecule has 5 nitrogen and oxygen atoms in total. The molecular formula is C24H22ClFIN3O2. The molecule has 1 N–H and O–H groups in total. The van der Waals surface area contributed by atoms with Gasteiger partial charge in [0.25, 0.3) is 0 Å². The Bertz CT molecular complexity index is 1220. The number of amides is 1. The van der Waals surface area contributed by atoms with Crippen LogP contribution in [0.15, 0.2) is 36.4 Å². The van der Waals surface area contributed by atoms with Crippen LogP contribution in [0.4, 0.5) is 10.1 Å². The lowest BCUT2D eigenvalue weighted by molar-refractivity contribution is -0.127. The molecule has 2 fully saturated rings. The van der Waals surface area contributed by atoms with Gasteiger partial charge in [-0.15, -0.1) is 0 Å². The molecule has 2 aliphatic rings. The Labute approximate surface area is 203 Å². The lowest BCUT2D eigenvalue weighted by Gasteiger charge is -2.35. The van der Waals surface area contributed by atoms with Gasteiger partial charge in [0.2, 0.25) is 5.91 Å². The molecule has 2 heterocycles. The number of hydrogen-bond acceptors (Lipinski definition) is 3. The van der Waals surface area contributed by atoms with Gasteiger partial charge in [0.1, 0.15) is 11.5 Å². The highest BCUT2D eigenvalue weighted by atomic mass is 127. The molecule has 166 valence electrons. The van der Waals surface area contributed by atoms with Crippen LogP contribution in [0.3, 0.4) is 0 Å². The van der Waals surface area contributed by atoms with Crippen molar-refractivity contribution in [3.05, 3.63) is 56.5 Å². The number of anilines is 1. The van der Waals surface area contributed by atoms with E-state index in [-0.39, 0.29) is 22.6 Å². The van der Waals surface area contributed by atoms with Gasteiger partial charge in [0, 0.05) is 21.9 Å². The first-order chi connectivity index (χ1) is 15.4. The molecule has 1 saturated carbocycles. The number of halogens is 3. The van der Waals surface area contributed by atoms with Crippen molar-refractivity contribution in [1.29, 1.82) is 0 Å². The Morgan fingerprint density at radius 3 is 2.78 bits per heavy atom. The van der Waals surface area contributed by atoms with Crippen molar-refractivity contribution in [3.63, 3.8) is 0 Å². The first kappa shape index (κ1) is 21.8. The van der Waals surface area contributed by atoms with Gasteiger partial charge in [-0.2, -0.15) is 5.10 Å². The van der Waals surface area contributed by atoms with Gasteiger partial charge in [0.05, 0.1) is 21.6 Å². The van der Waals surface area contributed by atoms with Crippen LogP contribution in [0.25, 0.3) is 10.9 Å². The zero-order chi connectivity index (χ0) is 22.5. The number of aromatic nitrogens is 2. The third-order valence-electron chi connectivity index (χ3n) is 7.05. The van der Waals surface area contributed by atoms with Crippen LogP contribution in [0, 0.1) is 20.7 Å². The lowest BCUT2D eigenvalue weighted by Crippen LogP contribution is -2.38. The van der Waals surface area contributed by atoms with E-state index < -0.39 is 11.2 Å². The molecule has 1 aliphatic carbocycles. The number of ketones is 1. The third-order valence-corrected chi connectivity index (χ3v) is 8.25. The number of benzene rings is 2.